The molecule has 2 rings (SSSR count). The van der Waals surface area contributed by atoms with Gasteiger partial charge in [0, 0.05) is 25.0 Å². The highest BCUT2D eigenvalue weighted by molar-refractivity contribution is 5.85. The molecule has 23 heavy (non-hydrogen) atoms. The second-order valence-corrected chi connectivity index (χ2v) is 4.87. The number of esters is 1. The van der Waals surface area contributed by atoms with Gasteiger partial charge in [0.2, 0.25) is 0 Å². The predicted molar refractivity (Wildman–Crippen MR) is 84.3 cm³/mol. The number of carbonyl (C=O) groups is 2. The van der Waals surface area contributed by atoms with Gasteiger partial charge in [-0.05, 0) is 31.0 Å². The maximum atomic E-state index is 11.9. The third-order valence-electron chi connectivity index (χ3n) is 2.96. The Bertz CT molecular complexity index is 681. The Balaban J connectivity index is 1.86. The molecular formula is C16H19N3O4. The smallest absolute Gasteiger partial charge is 0.411 e. The van der Waals surface area contributed by atoms with E-state index in [-0.39, 0.29) is 19.0 Å². The summed E-state index contributed by atoms with van der Waals surface area (Å²) in [4.78, 5) is 23.2. The van der Waals surface area contributed by atoms with E-state index >= 15 is 0 Å². The topological polar surface area (TPSA) is 82.4 Å². The molecule has 2 aromatic rings. The number of aryl methyl sites for hydroxylation is 2. The van der Waals surface area contributed by atoms with E-state index in [0.717, 1.165) is 5.56 Å². The molecule has 0 spiro atoms. The van der Waals surface area contributed by atoms with Gasteiger partial charge in [-0.15, -0.1) is 0 Å². The van der Waals surface area contributed by atoms with Crippen LogP contribution in [0.3, 0.4) is 0 Å². The van der Waals surface area contributed by atoms with Crippen molar-refractivity contribution in [2.24, 2.45) is 7.05 Å². The summed E-state index contributed by atoms with van der Waals surface area (Å²) in [7, 11) is 1.82. The van der Waals surface area contributed by atoms with E-state index in [9.17, 15) is 9.59 Å². The average Bonchev–Trinajstić information content (AvgIpc) is 2.91. The van der Waals surface area contributed by atoms with E-state index in [4.69, 9.17) is 9.47 Å². The van der Waals surface area contributed by atoms with Gasteiger partial charge in [0.15, 0.2) is 0 Å². The van der Waals surface area contributed by atoms with E-state index in [1.54, 1.807) is 42.1 Å². The Morgan fingerprint density at radius 1 is 1.35 bits per heavy atom. The SMILES string of the molecule is CCOC(=O)Nc1cccc(OC(=O)CCc2cnn(C)c2)c1. The van der Waals surface area contributed by atoms with E-state index in [1.807, 2.05) is 13.2 Å². The van der Waals surface area contributed by atoms with Gasteiger partial charge in [-0.3, -0.25) is 14.8 Å². The van der Waals surface area contributed by atoms with E-state index in [2.05, 4.69) is 10.4 Å². The number of anilines is 1. The minimum absolute atomic E-state index is 0.251. The fraction of sp³-hybridized carbons (Fsp3) is 0.312. The molecule has 122 valence electrons. The van der Waals surface area contributed by atoms with Crippen molar-refractivity contribution in [3.8, 4) is 5.75 Å². The van der Waals surface area contributed by atoms with Crippen LogP contribution in [0.4, 0.5) is 10.5 Å². The van der Waals surface area contributed by atoms with Crippen LogP contribution in [0.1, 0.15) is 18.9 Å². The van der Waals surface area contributed by atoms with Crippen LogP contribution in [0.25, 0.3) is 0 Å². The molecule has 0 radical (unpaired) electrons. The van der Waals surface area contributed by atoms with Crippen molar-refractivity contribution in [3.05, 3.63) is 42.2 Å². The number of hydrogen-bond donors (Lipinski definition) is 1. The summed E-state index contributed by atoms with van der Waals surface area (Å²) in [5.41, 5.74) is 1.48. The van der Waals surface area contributed by atoms with Crippen molar-refractivity contribution in [1.29, 1.82) is 0 Å². The number of hydrogen-bond acceptors (Lipinski definition) is 5. The van der Waals surface area contributed by atoms with Crippen LogP contribution in [-0.2, 0) is 23.0 Å². The summed E-state index contributed by atoms with van der Waals surface area (Å²) in [6.07, 6.45) is 3.84. The second-order valence-electron chi connectivity index (χ2n) is 4.87. The molecule has 1 heterocycles. The zero-order chi connectivity index (χ0) is 16.7. The number of nitrogens with one attached hydrogen (secondary N) is 1. The Labute approximate surface area is 134 Å². The summed E-state index contributed by atoms with van der Waals surface area (Å²) in [6, 6.07) is 6.59. The molecule has 0 unspecified atom stereocenters. The molecule has 0 saturated carbocycles. The average molecular weight is 317 g/mol. The first-order valence-electron chi connectivity index (χ1n) is 7.29. The highest BCUT2D eigenvalue weighted by Crippen LogP contribution is 2.18. The predicted octanol–water partition coefficient (Wildman–Crippen LogP) is 2.53. The van der Waals surface area contributed by atoms with Gasteiger partial charge in [0.05, 0.1) is 19.2 Å². The first kappa shape index (κ1) is 16.5. The number of amides is 1. The fourth-order valence-corrected chi connectivity index (χ4v) is 1.95. The van der Waals surface area contributed by atoms with Gasteiger partial charge >= 0.3 is 12.1 Å². The zero-order valence-corrected chi connectivity index (χ0v) is 13.1. The summed E-state index contributed by atoms with van der Waals surface area (Å²) >= 11 is 0. The molecular weight excluding hydrogens is 298 g/mol. The van der Waals surface area contributed by atoms with Crippen LogP contribution in [0, 0.1) is 0 Å². The summed E-state index contributed by atoms with van der Waals surface area (Å²) in [5.74, 6) is 0.0256. The number of benzene rings is 1. The fourth-order valence-electron chi connectivity index (χ4n) is 1.95. The molecule has 0 saturated heterocycles. The van der Waals surface area contributed by atoms with Crippen molar-refractivity contribution in [1.82, 2.24) is 9.78 Å². The van der Waals surface area contributed by atoms with Crippen LogP contribution < -0.4 is 10.1 Å². The Hall–Kier alpha value is -2.83. The van der Waals surface area contributed by atoms with Gasteiger partial charge < -0.3 is 9.47 Å². The molecule has 0 atom stereocenters. The maximum Gasteiger partial charge on any atom is 0.411 e. The van der Waals surface area contributed by atoms with Crippen molar-refractivity contribution >= 4 is 17.7 Å². The molecule has 0 bridgehead atoms. The number of carbonyl (C=O) groups excluding carboxylic acids is 2. The first-order chi connectivity index (χ1) is 11.1. The largest absolute Gasteiger partial charge is 0.450 e. The minimum Gasteiger partial charge on any atom is -0.450 e. The third kappa shape index (κ3) is 5.46. The molecule has 0 fully saturated rings. The standard InChI is InChI=1S/C16H19N3O4/c1-3-22-16(21)18-13-5-4-6-14(9-13)23-15(20)8-7-12-10-17-19(2)11-12/h4-6,9-11H,3,7-8H2,1-2H3,(H,18,21). The van der Waals surface area contributed by atoms with E-state index < -0.39 is 6.09 Å². The molecule has 1 N–H and O–H groups in total. The molecule has 1 amide bonds. The summed E-state index contributed by atoms with van der Waals surface area (Å²) in [6.45, 7) is 2.01. The summed E-state index contributed by atoms with van der Waals surface area (Å²) < 4.78 is 11.7. The maximum absolute atomic E-state index is 11.9. The molecule has 0 aliphatic rings. The minimum atomic E-state index is -0.549. The number of ether oxygens (including phenoxy) is 2. The van der Waals surface area contributed by atoms with Crippen LogP contribution in [0.2, 0.25) is 0 Å². The summed E-state index contributed by atoms with van der Waals surface area (Å²) in [5, 5.41) is 6.60. The second kappa shape index (κ2) is 7.98. The monoisotopic (exact) mass is 317 g/mol. The quantitative estimate of drug-likeness (QED) is 0.654. The van der Waals surface area contributed by atoms with Gasteiger partial charge in [-0.25, -0.2) is 4.79 Å². The lowest BCUT2D eigenvalue weighted by Crippen LogP contribution is -2.13. The van der Waals surface area contributed by atoms with Crippen molar-refractivity contribution in [2.75, 3.05) is 11.9 Å². The zero-order valence-electron chi connectivity index (χ0n) is 13.1. The lowest BCUT2D eigenvalue weighted by Gasteiger charge is -2.08. The molecule has 7 heteroatoms. The highest BCUT2D eigenvalue weighted by atomic mass is 16.5. The van der Waals surface area contributed by atoms with E-state index in [1.165, 1.54) is 0 Å². The molecule has 0 aliphatic heterocycles. The van der Waals surface area contributed by atoms with Gasteiger partial charge in [0.1, 0.15) is 5.75 Å². The van der Waals surface area contributed by atoms with Crippen LogP contribution in [0.15, 0.2) is 36.7 Å². The normalized spacial score (nSPS) is 10.2. The van der Waals surface area contributed by atoms with Crippen LogP contribution in [0.5, 0.6) is 5.75 Å². The molecule has 0 aliphatic carbocycles. The molecule has 1 aromatic heterocycles. The number of aromatic nitrogens is 2. The van der Waals surface area contributed by atoms with Crippen molar-refractivity contribution in [2.45, 2.75) is 19.8 Å². The number of rotatable bonds is 6. The Morgan fingerprint density at radius 2 is 2.17 bits per heavy atom. The lowest BCUT2D eigenvalue weighted by molar-refractivity contribution is -0.134. The van der Waals surface area contributed by atoms with E-state index in [0.29, 0.717) is 17.9 Å². The van der Waals surface area contributed by atoms with Crippen LogP contribution in [-0.4, -0.2) is 28.4 Å². The third-order valence-corrected chi connectivity index (χ3v) is 2.96. The van der Waals surface area contributed by atoms with Crippen LogP contribution >= 0.6 is 0 Å². The lowest BCUT2D eigenvalue weighted by atomic mass is 10.2. The van der Waals surface area contributed by atoms with Gasteiger partial charge in [0.25, 0.3) is 0 Å². The molecule has 1 aromatic carbocycles. The van der Waals surface area contributed by atoms with Gasteiger partial charge in [-0.2, -0.15) is 5.10 Å². The number of nitrogens with zero attached hydrogens (tertiary/aromatic N) is 2. The first-order valence-corrected chi connectivity index (χ1v) is 7.29. The van der Waals surface area contributed by atoms with Gasteiger partial charge in [-0.1, -0.05) is 6.07 Å². The Morgan fingerprint density at radius 3 is 2.87 bits per heavy atom. The Kier molecular flexibility index (Phi) is 5.74. The highest BCUT2D eigenvalue weighted by Gasteiger charge is 2.08. The van der Waals surface area contributed by atoms with Crippen molar-refractivity contribution in [3.63, 3.8) is 0 Å². The van der Waals surface area contributed by atoms with Crippen molar-refractivity contribution < 1.29 is 19.1 Å². The molecule has 7 nitrogen and oxygen atoms in total.